The number of ether oxygens (including phenoxy) is 1. The lowest BCUT2D eigenvalue weighted by Gasteiger charge is -2.14. The Balaban J connectivity index is 2.78. The van der Waals surface area contributed by atoms with E-state index >= 15 is 0 Å². The maximum atomic E-state index is 10.2. The minimum Gasteiger partial charge on any atom is -0.506 e. The molecule has 0 bridgehead atoms. The van der Waals surface area contributed by atoms with Crippen LogP contribution >= 0.6 is 63.7 Å². The van der Waals surface area contributed by atoms with Crippen LogP contribution in [0.5, 0.6) is 11.5 Å². The molecule has 0 aliphatic carbocycles. The van der Waals surface area contributed by atoms with E-state index in [2.05, 4.69) is 63.7 Å². The van der Waals surface area contributed by atoms with Gasteiger partial charge in [-0.15, -0.1) is 0 Å². The number of methoxy groups -OCH3 is 1. The van der Waals surface area contributed by atoms with Crippen LogP contribution in [0.15, 0.2) is 42.2 Å². The summed E-state index contributed by atoms with van der Waals surface area (Å²) >= 11 is 13.7. The molecular weight excluding hydrogens is 508 g/mol. The van der Waals surface area contributed by atoms with Crippen LogP contribution in [0.25, 0.3) is 11.1 Å². The second kappa shape index (κ2) is 6.16. The summed E-state index contributed by atoms with van der Waals surface area (Å²) in [6, 6.07) is 7.43. The number of rotatable bonds is 2. The molecule has 2 nitrogen and oxygen atoms in total. The summed E-state index contributed by atoms with van der Waals surface area (Å²) in [5.74, 6) is 0.843. The molecule has 0 radical (unpaired) electrons. The molecule has 100 valence electrons. The van der Waals surface area contributed by atoms with Crippen LogP contribution in [0, 0.1) is 0 Å². The topological polar surface area (TPSA) is 29.5 Å². The summed E-state index contributed by atoms with van der Waals surface area (Å²) < 4.78 is 8.61. The Hall–Kier alpha value is -0.0400. The number of phenolic OH excluding ortho intramolecular Hbond substituents is 1. The minimum atomic E-state index is 0.173. The van der Waals surface area contributed by atoms with Crippen molar-refractivity contribution in [1.82, 2.24) is 0 Å². The summed E-state index contributed by atoms with van der Waals surface area (Å²) in [6.07, 6.45) is 0. The van der Waals surface area contributed by atoms with Crippen molar-refractivity contribution in [3.8, 4) is 22.6 Å². The SMILES string of the molecule is COc1c(Br)cc(Br)cc1-c1cc(Br)cc(Br)c1O. The first-order valence-corrected chi connectivity index (χ1v) is 8.32. The van der Waals surface area contributed by atoms with Crippen molar-refractivity contribution in [2.24, 2.45) is 0 Å². The van der Waals surface area contributed by atoms with Crippen molar-refractivity contribution in [3.05, 3.63) is 42.2 Å². The van der Waals surface area contributed by atoms with E-state index in [1.165, 1.54) is 0 Å². The van der Waals surface area contributed by atoms with Crippen LogP contribution < -0.4 is 4.74 Å². The molecule has 0 aromatic heterocycles. The van der Waals surface area contributed by atoms with Gasteiger partial charge in [0.25, 0.3) is 0 Å². The van der Waals surface area contributed by atoms with E-state index in [0.29, 0.717) is 15.8 Å². The van der Waals surface area contributed by atoms with Crippen LogP contribution in [0.3, 0.4) is 0 Å². The zero-order chi connectivity index (χ0) is 14.2. The van der Waals surface area contributed by atoms with Crippen molar-refractivity contribution in [3.63, 3.8) is 0 Å². The van der Waals surface area contributed by atoms with Gasteiger partial charge < -0.3 is 9.84 Å². The highest BCUT2D eigenvalue weighted by Gasteiger charge is 2.16. The van der Waals surface area contributed by atoms with Gasteiger partial charge in [0.05, 0.1) is 16.1 Å². The summed E-state index contributed by atoms with van der Waals surface area (Å²) in [5.41, 5.74) is 1.48. The second-order valence-electron chi connectivity index (χ2n) is 3.75. The lowest BCUT2D eigenvalue weighted by molar-refractivity contribution is 0.413. The third-order valence-corrected chi connectivity index (χ3v) is 4.64. The van der Waals surface area contributed by atoms with Crippen molar-refractivity contribution >= 4 is 63.7 Å². The number of benzene rings is 2. The predicted octanol–water partition coefficient (Wildman–Crippen LogP) is 6.12. The highest BCUT2D eigenvalue weighted by atomic mass is 79.9. The maximum Gasteiger partial charge on any atom is 0.141 e. The van der Waals surface area contributed by atoms with Gasteiger partial charge in [0, 0.05) is 20.1 Å². The molecule has 0 atom stereocenters. The minimum absolute atomic E-state index is 0.173. The van der Waals surface area contributed by atoms with E-state index in [0.717, 1.165) is 19.0 Å². The third-order valence-electron chi connectivity index (χ3n) is 2.53. The normalized spacial score (nSPS) is 10.6. The molecule has 0 fully saturated rings. The Labute approximate surface area is 144 Å². The molecule has 1 N–H and O–H groups in total. The second-order valence-corrected chi connectivity index (χ2v) is 7.29. The number of halogens is 4. The largest absolute Gasteiger partial charge is 0.506 e. The molecule has 2 aromatic rings. The molecule has 0 saturated heterocycles. The Kier molecular flexibility index (Phi) is 4.98. The van der Waals surface area contributed by atoms with Crippen molar-refractivity contribution in [2.75, 3.05) is 7.11 Å². The van der Waals surface area contributed by atoms with Crippen LogP contribution in [0.2, 0.25) is 0 Å². The van der Waals surface area contributed by atoms with Gasteiger partial charge in [-0.25, -0.2) is 0 Å². The predicted molar refractivity (Wildman–Crippen MR) is 90.9 cm³/mol. The average molecular weight is 516 g/mol. The molecular formula is C13H8Br4O2. The van der Waals surface area contributed by atoms with Gasteiger partial charge in [-0.1, -0.05) is 31.9 Å². The standard InChI is InChI=1S/C13H8Br4O2/c1-19-13-9(3-7(15)5-11(13)17)8-2-6(14)4-10(16)12(8)18/h2-5,18H,1H3. The first-order chi connectivity index (χ1) is 8.93. The van der Waals surface area contributed by atoms with Gasteiger partial charge in [0.2, 0.25) is 0 Å². The summed E-state index contributed by atoms with van der Waals surface area (Å²) in [6.45, 7) is 0. The van der Waals surface area contributed by atoms with Gasteiger partial charge >= 0.3 is 0 Å². The van der Waals surface area contributed by atoms with Crippen LogP contribution in [-0.2, 0) is 0 Å². The molecule has 6 heteroatoms. The highest BCUT2D eigenvalue weighted by molar-refractivity contribution is 9.11. The average Bonchev–Trinajstić information content (AvgIpc) is 2.33. The van der Waals surface area contributed by atoms with Crippen LogP contribution in [0.1, 0.15) is 0 Å². The van der Waals surface area contributed by atoms with Crippen molar-refractivity contribution in [2.45, 2.75) is 0 Å². The molecule has 0 saturated carbocycles. The number of hydrogen-bond acceptors (Lipinski definition) is 2. The molecule has 0 spiro atoms. The fraction of sp³-hybridized carbons (Fsp3) is 0.0769. The number of hydrogen-bond donors (Lipinski definition) is 1. The molecule has 0 amide bonds. The zero-order valence-electron chi connectivity index (χ0n) is 9.68. The monoisotopic (exact) mass is 512 g/mol. The van der Waals surface area contributed by atoms with Crippen molar-refractivity contribution in [1.29, 1.82) is 0 Å². The van der Waals surface area contributed by atoms with Gasteiger partial charge in [-0.3, -0.25) is 0 Å². The van der Waals surface area contributed by atoms with Crippen LogP contribution in [-0.4, -0.2) is 12.2 Å². The van der Waals surface area contributed by atoms with Gasteiger partial charge in [-0.05, 0) is 56.1 Å². The molecule has 0 heterocycles. The smallest absolute Gasteiger partial charge is 0.141 e. The molecule has 2 rings (SSSR count). The van der Waals surface area contributed by atoms with Gasteiger partial charge in [0.15, 0.2) is 0 Å². The molecule has 2 aromatic carbocycles. The molecule has 0 aliphatic heterocycles. The summed E-state index contributed by atoms with van der Waals surface area (Å²) in [5, 5.41) is 10.2. The maximum absolute atomic E-state index is 10.2. The van der Waals surface area contributed by atoms with E-state index in [4.69, 9.17) is 4.74 Å². The lowest BCUT2D eigenvalue weighted by atomic mass is 10.0. The molecule has 0 unspecified atom stereocenters. The van der Waals surface area contributed by atoms with Crippen LogP contribution in [0.4, 0.5) is 0 Å². The molecule has 19 heavy (non-hydrogen) atoms. The summed E-state index contributed by atoms with van der Waals surface area (Å²) in [4.78, 5) is 0. The Morgan fingerprint density at radius 1 is 0.842 bits per heavy atom. The fourth-order valence-corrected chi connectivity index (χ4v) is 4.35. The zero-order valence-corrected chi connectivity index (χ0v) is 16.0. The Morgan fingerprint density at radius 2 is 1.37 bits per heavy atom. The Bertz CT molecular complexity index is 641. The first kappa shape index (κ1) is 15.4. The van der Waals surface area contributed by atoms with E-state index in [1.807, 2.05) is 18.2 Å². The van der Waals surface area contributed by atoms with Gasteiger partial charge in [-0.2, -0.15) is 0 Å². The van der Waals surface area contributed by atoms with Gasteiger partial charge in [0.1, 0.15) is 11.5 Å². The fourth-order valence-electron chi connectivity index (χ4n) is 1.74. The van der Waals surface area contributed by atoms with E-state index in [1.54, 1.807) is 13.2 Å². The van der Waals surface area contributed by atoms with E-state index in [-0.39, 0.29) is 5.75 Å². The Morgan fingerprint density at radius 3 is 1.95 bits per heavy atom. The van der Waals surface area contributed by atoms with Crippen molar-refractivity contribution < 1.29 is 9.84 Å². The first-order valence-electron chi connectivity index (χ1n) is 5.15. The van der Waals surface area contributed by atoms with E-state index in [9.17, 15) is 5.11 Å². The molecule has 0 aliphatic rings. The van der Waals surface area contributed by atoms with E-state index < -0.39 is 0 Å². The quantitative estimate of drug-likeness (QED) is 0.522. The number of phenols is 1. The summed E-state index contributed by atoms with van der Waals surface area (Å²) in [7, 11) is 1.60. The third kappa shape index (κ3) is 3.17. The lowest BCUT2D eigenvalue weighted by Crippen LogP contribution is -1.91. The number of aromatic hydroxyl groups is 1. The highest BCUT2D eigenvalue weighted by Crippen LogP contribution is 2.45.